The summed E-state index contributed by atoms with van der Waals surface area (Å²) in [7, 11) is 0. The number of nitrogens with two attached hydrogens (primary N) is 1. The van der Waals surface area contributed by atoms with Crippen molar-refractivity contribution in [2.45, 2.75) is 32.2 Å². The van der Waals surface area contributed by atoms with Crippen molar-refractivity contribution in [3.63, 3.8) is 0 Å². The molecule has 4 rings (SSSR count). The van der Waals surface area contributed by atoms with Gasteiger partial charge in [0.1, 0.15) is 17.9 Å². The number of carbonyl (C=O) groups excluding carboxylic acids is 1. The fourth-order valence-electron chi connectivity index (χ4n) is 4.49. The van der Waals surface area contributed by atoms with Gasteiger partial charge in [0.05, 0.1) is 5.57 Å². The highest BCUT2D eigenvalue weighted by Crippen LogP contribution is 2.44. The van der Waals surface area contributed by atoms with Crippen LogP contribution in [-0.4, -0.2) is 23.2 Å². The molecule has 1 unspecified atom stereocenters. The number of aliphatic hydroxyl groups is 1. The Balaban J connectivity index is 1.90. The van der Waals surface area contributed by atoms with Crippen molar-refractivity contribution in [3.05, 3.63) is 102 Å². The molecule has 3 aromatic carbocycles. The molecule has 5 heteroatoms. The second-order valence-corrected chi connectivity index (χ2v) is 8.77. The lowest BCUT2D eigenvalue weighted by molar-refractivity contribution is -0.144. The van der Waals surface area contributed by atoms with Crippen LogP contribution in [0.25, 0.3) is 0 Å². The summed E-state index contributed by atoms with van der Waals surface area (Å²) in [6, 6.07) is 27.6. The van der Waals surface area contributed by atoms with Crippen LogP contribution in [-0.2, 0) is 16.0 Å². The van der Waals surface area contributed by atoms with Crippen LogP contribution >= 0.6 is 0 Å². The van der Waals surface area contributed by atoms with E-state index in [4.69, 9.17) is 10.5 Å². The van der Waals surface area contributed by atoms with E-state index in [-0.39, 0.29) is 18.3 Å². The third-order valence-electron chi connectivity index (χ3n) is 6.20. The summed E-state index contributed by atoms with van der Waals surface area (Å²) in [5.41, 5.74) is 8.86. The maximum atomic E-state index is 12.7. The molecule has 0 aliphatic carbocycles. The van der Waals surface area contributed by atoms with E-state index in [9.17, 15) is 9.90 Å². The van der Waals surface area contributed by atoms with E-state index in [1.165, 1.54) is 0 Å². The van der Waals surface area contributed by atoms with Crippen LogP contribution in [0.4, 0.5) is 17.1 Å². The molecule has 0 amide bonds. The molecule has 0 saturated carbocycles. The number of ether oxygens (including phenoxy) is 1. The molecule has 0 saturated heterocycles. The average molecular weight is 443 g/mol. The quantitative estimate of drug-likeness (QED) is 0.357. The van der Waals surface area contributed by atoms with Crippen molar-refractivity contribution in [1.82, 2.24) is 0 Å². The van der Waals surface area contributed by atoms with Gasteiger partial charge < -0.3 is 20.5 Å². The van der Waals surface area contributed by atoms with Gasteiger partial charge >= 0.3 is 5.97 Å². The molecular weight excluding hydrogens is 412 g/mol. The van der Waals surface area contributed by atoms with Gasteiger partial charge in [-0.3, -0.25) is 0 Å². The Morgan fingerprint density at radius 3 is 2.00 bits per heavy atom. The van der Waals surface area contributed by atoms with Gasteiger partial charge in [-0.25, -0.2) is 4.79 Å². The molecular formula is C28H30N2O3. The molecule has 3 N–H and O–H groups in total. The number of nitrogen functional groups attached to an aromatic ring is 1. The zero-order valence-corrected chi connectivity index (χ0v) is 19.1. The highest BCUT2D eigenvalue weighted by molar-refractivity contribution is 5.91. The highest BCUT2D eigenvalue weighted by Gasteiger charge is 2.49. The van der Waals surface area contributed by atoms with E-state index in [1.54, 1.807) is 0 Å². The van der Waals surface area contributed by atoms with Gasteiger partial charge in [0, 0.05) is 17.1 Å². The van der Waals surface area contributed by atoms with Crippen LogP contribution < -0.4 is 10.6 Å². The molecule has 3 aromatic rings. The third kappa shape index (κ3) is 4.44. The Labute approximate surface area is 195 Å². The summed E-state index contributed by atoms with van der Waals surface area (Å²) < 4.78 is 5.75. The molecule has 0 aromatic heterocycles. The maximum absolute atomic E-state index is 12.7. The minimum absolute atomic E-state index is 0.0483. The van der Waals surface area contributed by atoms with Gasteiger partial charge in [-0.2, -0.15) is 0 Å². The predicted octanol–water partition coefficient (Wildman–Crippen LogP) is 5.80. The summed E-state index contributed by atoms with van der Waals surface area (Å²) in [6.45, 7) is 3.85. The molecule has 1 aliphatic heterocycles. The number of aryl methyl sites for hydroxylation is 1. The minimum Gasteiger partial charge on any atom is -0.509 e. The first kappa shape index (κ1) is 22.5. The number of carbonyl (C=O) groups is 1. The number of aliphatic hydroxyl groups excluding tert-OH is 1. The Hall–Kier alpha value is -3.73. The van der Waals surface area contributed by atoms with E-state index in [1.807, 2.05) is 98.8 Å². The zero-order chi connectivity index (χ0) is 23.4. The predicted molar refractivity (Wildman–Crippen MR) is 132 cm³/mol. The van der Waals surface area contributed by atoms with Gasteiger partial charge in [0.15, 0.2) is 0 Å². The monoisotopic (exact) mass is 442 g/mol. The first-order valence-electron chi connectivity index (χ1n) is 11.3. The normalized spacial score (nSPS) is 18.3. The van der Waals surface area contributed by atoms with Gasteiger partial charge in [-0.05, 0) is 60.7 Å². The number of cyclic esters (lactones) is 1. The van der Waals surface area contributed by atoms with Crippen LogP contribution in [0.15, 0.2) is 96.3 Å². The van der Waals surface area contributed by atoms with Gasteiger partial charge in [0.2, 0.25) is 0 Å². The fraction of sp³-hybridized carbons (Fsp3) is 0.250. The van der Waals surface area contributed by atoms with Crippen molar-refractivity contribution >= 4 is 23.0 Å². The van der Waals surface area contributed by atoms with Crippen molar-refractivity contribution in [2.75, 3.05) is 17.2 Å². The number of nitrogens with zero attached hydrogens (tertiary/aromatic N) is 1. The first-order valence-corrected chi connectivity index (χ1v) is 11.3. The molecule has 0 spiro atoms. The molecule has 33 heavy (non-hydrogen) atoms. The minimum atomic E-state index is -0.961. The number of hydrogen-bond donors (Lipinski definition) is 2. The maximum Gasteiger partial charge on any atom is 0.337 e. The van der Waals surface area contributed by atoms with Crippen LogP contribution in [0, 0.1) is 5.92 Å². The van der Waals surface area contributed by atoms with E-state index in [0.717, 1.165) is 16.9 Å². The zero-order valence-electron chi connectivity index (χ0n) is 19.1. The molecule has 0 bridgehead atoms. The SMILES string of the molecule is CC(C)C1=C(O)C(CCc2ccc(N)cc2)(N(c2ccccc2)c2ccccc2)COC1=O. The van der Waals surface area contributed by atoms with E-state index < -0.39 is 11.5 Å². The summed E-state index contributed by atoms with van der Waals surface area (Å²) >= 11 is 0. The number of hydrogen-bond acceptors (Lipinski definition) is 5. The van der Waals surface area contributed by atoms with Crippen molar-refractivity contribution < 1.29 is 14.6 Å². The largest absolute Gasteiger partial charge is 0.509 e. The Morgan fingerprint density at radius 2 is 1.48 bits per heavy atom. The third-order valence-corrected chi connectivity index (χ3v) is 6.20. The van der Waals surface area contributed by atoms with Crippen molar-refractivity contribution in [1.29, 1.82) is 0 Å². The van der Waals surface area contributed by atoms with Gasteiger partial charge in [-0.15, -0.1) is 0 Å². The molecule has 1 aliphatic rings. The molecule has 5 nitrogen and oxygen atoms in total. The lowest BCUT2D eigenvalue weighted by Gasteiger charge is -2.47. The highest BCUT2D eigenvalue weighted by atomic mass is 16.5. The van der Waals surface area contributed by atoms with Crippen molar-refractivity contribution in [3.8, 4) is 0 Å². The van der Waals surface area contributed by atoms with Gasteiger partial charge in [0.25, 0.3) is 0 Å². The number of benzene rings is 3. The lowest BCUT2D eigenvalue weighted by atomic mass is 9.81. The first-order chi connectivity index (χ1) is 15.9. The van der Waals surface area contributed by atoms with Crippen LogP contribution in [0.1, 0.15) is 25.8 Å². The Kier molecular flexibility index (Phi) is 6.40. The van der Waals surface area contributed by atoms with E-state index in [0.29, 0.717) is 24.1 Å². The molecule has 1 atom stereocenters. The summed E-state index contributed by atoms with van der Waals surface area (Å²) in [4.78, 5) is 14.8. The van der Waals surface area contributed by atoms with E-state index >= 15 is 0 Å². The average Bonchev–Trinajstić information content (AvgIpc) is 2.82. The van der Waals surface area contributed by atoms with Gasteiger partial charge in [-0.1, -0.05) is 62.4 Å². The summed E-state index contributed by atoms with van der Waals surface area (Å²) in [5, 5.41) is 11.8. The smallest absolute Gasteiger partial charge is 0.337 e. The van der Waals surface area contributed by atoms with Crippen molar-refractivity contribution in [2.24, 2.45) is 5.92 Å². The molecule has 1 heterocycles. The molecule has 0 radical (unpaired) electrons. The second kappa shape index (κ2) is 9.41. The summed E-state index contributed by atoms with van der Waals surface area (Å²) in [6.07, 6.45) is 1.21. The van der Waals surface area contributed by atoms with Crippen LogP contribution in [0.5, 0.6) is 0 Å². The lowest BCUT2D eigenvalue weighted by Crippen LogP contribution is -2.55. The topological polar surface area (TPSA) is 75.8 Å². The molecule has 170 valence electrons. The Bertz CT molecular complexity index is 1090. The Morgan fingerprint density at radius 1 is 0.939 bits per heavy atom. The standard InChI is InChI=1S/C28H30N2O3/c1-20(2)25-26(31)28(19-33-27(25)32,18-17-21-13-15-22(29)16-14-21)30(23-9-5-3-6-10-23)24-11-7-4-8-12-24/h3-16,20,31H,17-19,29H2,1-2H3. The number of anilines is 3. The van der Waals surface area contributed by atoms with Crippen LogP contribution in [0.2, 0.25) is 0 Å². The van der Waals surface area contributed by atoms with E-state index in [2.05, 4.69) is 4.90 Å². The van der Waals surface area contributed by atoms with Crippen LogP contribution in [0.3, 0.4) is 0 Å². The molecule has 0 fully saturated rings. The number of esters is 1. The fourth-order valence-corrected chi connectivity index (χ4v) is 4.49. The number of rotatable bonds is 7. The summed E-state index contributed by atoms with van der Waals surface area (Å²) in [5.74, 6) is -0.550. The number of para-hydroxylation sites is 2. The second-order valence-electron chi connectivity index (χ2n) is 8.77.